The fourth-order valence-corrected chi connectivity index (χ4v) is 2.18. The van der Waals surface area contributed by atoms with Crippen molar-refractivity contribution in [2.24, 2.45) is 0 Å². The summed E-state index contributed by atoms with van der Waals surface area (Å²) in [6.07, 6.45) is 2.94. The number of nitrogens with zero attached hydrogens (tertiary/aromatic N) is 2. The third-order valence-electron chi connectivity index (χ3n) is 3.09. The van der Waals surface area contributed by atoms with E-state index in [1.165, 1.54) is 12.4 Å². The summed E-state index contributed by atoms with van der Waals surface area (Å²) in [6.45, 7) is -6.13. The van der Waals surface area contributed by atoms with E-state index in [1.54, 1.807) is 6.07 Å². The number of aromatic nitrogens is 4. The van der Waals surface area contributed by atoms with Crippen LogP contribution in [0.3, 0.4) is 0 Å². The number of hydrogen-bond donors (Lipinski definition) is 2. The number of aromatic amines is 2. The van der Waals surface area contributed by atoms with E-state index in [1.807, 2.05) is 0 Å². The molecule has 2 heterocycles. The highest BCUT2D eigenvalue weighted by molar-refractivity contribution is 5.82. The average Bonchev–Trinajstić information content (AvgIpc) is 3.17. The molecule has 126 valence electrons. The standard InChI is InChI=1S/C14H10F4N4O2/c15-13(16)23-7-1-2-11(24-14(17)18)8(5-7)12-9(6-20-22-12)10-3-4-19-21-10/h1-6,13-14H,(H,19,21)(H,20,22). The number of H-pyrrole nitrogens is 2. The molecule has 3 rings (SSSR count). The number of ether oxygens (including phenoxy) is 2. The molecule has 0 aliphatic rings. The smallest absolute Gasteiger partial charge is 0.387 e. The van der Waals surface area contributed by atoms with Gasteiger partial charge >= 0.3 is 13.2 Å². The van der Waals surface area contributed by atoms with E-state index in [4.69, 9.17) is 0 Å². The Balaban J connectivity index is 2.09. The Hall–Kier alpha value is -3.04. The molecule has 0 unspecified atom stereocenters. The highest BCUT2D eigenvalue weighted by Gasteiger charge is 2.19. The Morgan fingerprint density at radius 3 is 2.33 bits per heavy atom. The molecule has 0 atom stereocenters. The van der Waals surface area contributed by atoms with Crippen LogP contribution in [0.15, 0.2) is 36.7 Å². The second-order valence-electron chi connectivity index (χ2n) is 4.54. The summed E-state index contributed by atoms with van der Waals surface area (Å²) in [5.74, 6) is -0.414. The minimum atomic E-state index is -3.08. The third kappa shape index (κ3) is 3.31. The van der Waals surface area contributed by atoms with Crippen LogP contribution in [0.25, 0.3) is 22.5 Å². The third-order valence-corrected chi connectivity index (χ3v) is 3.09. The van der Waals surface area contributed by atoms with Gasteiger partial charge in [-0.25, -0.2) is 0 Å². The van der Waals surface area contributed by atoms with Crippen LogP contribution in [0.2, 0.25) is 0 Å². The normalized spacial score (nSPS) is 11.2. The van der Waals surface area contributed by atoms with Gasteiger partial charge in [0.15, 0.2) is 0 Å². The van der Waals surface area contributed by atoms with Gasteiger partial charge in [0.2, 0.25) is 0 Å². The highest BCUT2D eigenvalue weighted by Crippen LogP contribution is 2.38. The summed E-state index contributed by atoms with van der Waals surface area (Å²) in [4.78, 5) is 0. The number of alkyl halides is 4. The van der Waals surface area contributed by atoms with Crippen molar-refractivity contribution < 1.29 is 27.0 Å². The van der Waals surface area contributed by atoms with E-state index < -0.39 is 13.2 Å². The predicted molar refractivity (Wildman–Crippen MR) is 74.9 cm³/mol. The summed E-state index contributed by atoms with van der Waals surface area (Å²) in [5.41, 5.74) is 1.44. The van der Waals surface area contributed by atoms with Crippen LogP contribution in [-0.2, 0) is 0 Å². The number of rotatable bonds is 6. The number of hydrogen-bond acceptors (Lipinski definition) is 4. The SMILES string of the molecule is FC(F)Oc1ccc(OC(F)F)c(-c2[nH]ncc2-c2ccn[nH]2)c1. The zero-order valence-electron chi connectivity index (χ0n) is 11.8. The lowest BCUT2D eigenvalue weighted by molar-refractivity contribution is -0.0526. The Morgan fingerprint density at radius 2 is 1.67 bits per heavy atom. The van der Waals surface area contributed by atoms with Crippen molar-refractivity contribution in [3.05, 3.63) is 36.7 Å². The first-order valence-corrected chi connectivity index (χ1v) is 6.61. The van der Waals surface area contributed by atoms with Crippen LogP contribution in [0, 0.1) is 0 Å². The molecule has 0 bridgehead atoms. The van der Waals surface area contributed by atoms with Gasteiger partial charge in [-0.1, -0.05) is 0 Å². The lowest BCUT2D eigenvalue weighted by atomic mass is 10.0. The maximum atomic E-state index is 12.6. The molecule has 24 heavy (non-hydrogen) atoms. The van der Waals surface area contributed by atoms with Crippen LogP contribution in [-0.4, -0.2) is 33.6 Å². The van der Waals surface area contributed by atoms with Crippen LogP contribution < -0.4 is 9.47 Å². The van der Waals surface area contributed by atoms with E-state index in [2.05, 4.69) is 29.9 Å². The van der Waals surface area contributed by atoms with E-state index in [0.717, 1.165) is 18.2 Å². The Bertz CT molecular complexity index is 805. The van der Waals surface area contributed by atoms with Gasteiger partial charge in [-0.3, -0.25) is 10.2 Å². The minimum Gasteiger partial charge on any atom is -0.435 e. The summed E-state index contributed by atoms with van der Waals surface area (Å²) < 4.78 is 58.8. The van der Waals surface area contributed by atoms with Crippen molar-refractivity contribution in [2.75, 3.05) is 0 Å². The largest absolute Gasteiger partial charge is 0.435 e. The number of benzene rings is 1. The molecular formula is C14H10F4N4O2. The summed E-state index contributed by atoms with van der Waals surface area (Å²) in [6, 6.07) is 5.04. The van der Waals surface area contributed by atoms with Crippen LogP contribution in [0.5, 0.6) is 11.5 Å². The van der Waals surface area contributed by atoms with E-state index in [-0.39, 0.29) is 22.8 Å². The second-order valence-corrected chi connectivity index (χ2v) is 4.54. The lowest BCUT2D eigenvalue weighted by Crippen LogP contribution is -2.05. The summed E-state index contributed by atoms with van der Waals surface area (Å²) in [5, 5.41) is 13.0. The summed E-state index contributed by atoms with van der Waals surface area (Å²) in [7, 11) is 0. The second kappa shape index (κ2) is 6.60. The molecule has 0 saturated heterocycles. The highest BCUT2D eigenvalue weighted by atomic mass is 19.3. The molecule has 0 aliphatic carbocycles. The molecule has 0 amide bonds. The van der Waals surface area contributed by atoms with Gasteiger partial charge in [-0.15, -0.1) is 0 Å². The molecule has 10 heteroatoms. The predicted octanol–water partition coefficient (Wildman–Crippen LogP) is 3.67. The Morgan fingerprint density at radius 1 is 0.875 bits per heavy atom. The number of halogens is 4. The molecule has 2 N–H and O–H groups in total. The van der Waals surface area contributed by atoms with Crippen molar-refractivity contribution in [2.45, 2.75) is 13.2 Å². The molecule has 0 saturated carbocycles. The monoisotopic (exact) mass is 342 g/mol. The Kier molecular flexibility index (Phi) is 4.36. The van der Waals surface area contributed by atoms with E-state index in [9.17, 15) is 17.6 Å². The fraction of sp³-hybridized carbons (Fsp3) is 0.143. The molecule has 0 fully saturated rings. The van der Waals surface area contributed by atoms with Crippen molar-refractivity contribution >= 4 is 0 Å². The molecule has 0 spiro atoms. The lowest BCUT2D eigenvalue weighted by Gasteiger charge is -2.13. The van der Waals surface area contributed by atoms with Crippen molar-refractivity contribution in [1.29, 1.82) is 0 Å². The Labute approximate surface area is 132 Å². The average molecular weight is 342 g/mol. The molecule has 6 nitrogen and oxygen atoms in total. The first-order valence-electron chi connectivity index (χ1n) is 6.61. The molecule has 2 aromatic heterocycles. The molecule has 0 radical (unpaired) electrons. The van der Waals surface area contributed by atoms with E-state index >= 15 is 0 Å². The zero-order chi connectivity index (χ0) is 17.1. The van der Waals surface area contributed by atoms with Crippen molar-refractivity contribution in [3.63, 3.8) is 0 Å². The number of nitrogens with one attached hydrogen (secondary N) is 2. The summed E-state index contributed by atoms with van der Waals surface area (Å²) >= 11 is 0. The van der Waals surface area contributed by atoms with Gasteiger partial charge in [-0.2, -0.15) is 27.8 Å². The van der Waals surface area contributed by atoms with E-state index in [0.29, 0.717) is 11.3 Å². The van der Waals surface area contributed by atoms with Crippen LogP contribution in [0.4, 0.5) is 17.6 Å². The van der Waals surface area contributed by atoms with Gasteiger partial charge in [0.05, 0.1) is 17.6 Å². The molecule has 1 aromatic carbocycles. The fourth-order valence-electron chi connectivity index (χ4n) is 2.18. The van der Waals surface area contributed by atoms with Crippen LogP contribution >= 0.6 is 0 Å². The van der Waals surface area contributed by atoms with Gasteiger partial charge in [0.1, 0.15) is 11.5 Å². The maximum absolute atomic E-state index is 12.6. The van der Waals surface area contributed by atoms with Gasteiger partial charge < -0.3 is 9.47 Å². The first-order chi connectivity index (χ1) is 11.5. The van der Waals surface area contributed by atoms with Gasteiger partial charge in [-0.05, 0) is 24.3 Å². The van der Waals surface area contributed by atoms with Crippen molar-refractivity contribution in [1.82, 2.24) is 20.4 Å². The van der Waals surface area contributed by atoms with Crippen LogP contribution in [0.1, 0.15) is 0 Å². The van der Waals surface area contributed by atoms with Crippen molar-refractivity contribution in [3.8, 4) is 34.0 Å². The quantitative estimate of drug-likeness (QED) is 0.670. The first kappa shape index (κ1) is 15.8. The molecular weight excluding hydrogens is 332 g/mol. The van der Waals surface area contributed by atoms with Gasteiger partial charge in [0.25, 0.3) is 0 Å². The van der Waals surface area contributed by atoms with Gasteiger partial charge in [0, 0.05) is 17.3 Å². The zero-order valence-corrected chi connectivity index (χ0v) is 11.8. The maximum Gasteiger partial charge on any atom is 0.387 e. The topological polar surface area (TPSA) is 75.8 Å². The molecule has 0 aliphatic heterocycles. The minimum absolute atomic E-state index is 0.0931. The molecule has 3 aromatic rings.